The maximum atomic E-state index is 13.2. The van der Waals surface area contributed by atoms with Crippen molar-refractivity contribution in [2.45, 2.75) is 49.3 Å². The van der Waals surface area contributed by atoms with E-state index >= 15 is 0 Å². The molecule has 3 heterocycles. The normalized spacial score (nSPS) is 24.6. The first-order valence-electron chi connectivity index (χ1n) is 9.89. The first-order chi connectivity index (χ1) is 13.6. The smallest absolute Gasteiger partial charge is 0.252 e. The number of rotatable bonds is 6. The minimum atomic E-state index is -3.59. The van der Waals surface area contributed by atoms with Gasteiger partial charge in [0.2, 0.25) is 15.9 Å². The fourth-order valence-electron chi connectivity index (χ4n) is 4.03. The van der Waals surface area contributed by atoms with E-state index in [1.165, 1.54) is 15.6 Å². The van der Waals surface area contributed by atoms with Crippen LogP contribution in [-0.2, 0) is 24.8 Å². The second kappa shape index (κ2) is 9.01. The Hall–Kier alpha value is -1.01. The summed E-state index contributed by atoms with van der Waals surface area (Å²) in [6, 6.07) is 3.23. The number of thiophene rings is 1. The number of carbonyl (C=O) groups excluding carboxylic acids is 1. The number of hydrogen-bond acceptors (Lipinski definition) is 6. The number of hydrogen-bond donors (Lipinski definition) is 1. The molecule has 0 radical (unpaired) electrons. The molecule has 3 rings (SSSR count). The highest BCUT2D eigenvalue weighted by atomic mass is 32.2. The van der Waals surface area contributed by atoms with Gasteiger partial charge in [-0.25, -0.2) is 21.6 Å². The van der Waals surface area contributed by atoms with Crippen LogP contribution in [0.2, 0.25) is 0 Å². The van der Waals surface area contributed by atoms with Gasteiger partial charge >= 0.3 is 0 Å². The van der Waals surface area contributed by atoms with Crippen LogP contribution in [0.1, 0.15) is 37.0 Å². The highest BCUT2D eigenvalue weighted by molar-refractivity contribution is 7.91. The molecule has 0 aromatic carbocycles. The summed E-state index contributed by atoms with van der Waals surface area (Å²) in [5.41, 5.74) is 0. The van der Waals surface area contributed by atoms with Crippen LogP contribution in [0.15, 0.2) is 16.3 Å². The highest BCUT2D eigenvalue weighted by Crippen LogP contribution is 2.30. The summed E-state index contributed by atoms with van der Waals surface area (Å²) in [6.45, 7) is 3.26. The number of piperidine rings is 2. The Kier molecular flexibility index (Phi) is 7.04. The van der Waals surface area contributed by atoms with Gasteiger partial charge in [0.25, 0.3) is 10.0 Å². The molecular formula is C18H29N3O5S3. The molecule has 11 heteroatoms. The molecule has 1 aromatic rings. The van der Waals surface area contributed by atoms with Crippen molar-refractivity contribution in [1.29, 1.82) is 0 Å². The summed E-state index contributed by atoms with van der Waals surface area (Å²) in [7, 11) is -6.92. The number of carbonyl (C=O) groups is 1. The Morgan fingerprint density at radius 2 is 1.90 bits per heavy atom. The fraction of sp³-hybridized carbons (Fsp3) is 0.722. The van der Waals surface area contributed by atoms with Gasteiger partial charge in [-0.3, -0.25) is 4.79 Å². The molecule has 2 saturated heterocycles. The topological polar surface area (TPSA) is 104 Å². The van der Waals surface area contributed by atoms with E-state index in [1.807, 2.05) is 6.92 Å². The van der Waals surface area contributed by atoms with E-state index in [0.29, 0.717) is 30.1 Å². The van der Waals surface area contributed by atoms with Gasteiger partial charge in [-0.2, -0.15) is 4.31 Å². The maximum Gasteiger partial charge on any atom is 0.252 e. The molecule has 8 nitrogen and oxygen atoms in total. The van der Waals surface area contributed by atoms with Gasteiger partial charge in [0.15, 0.2) is 0 Å². The molecule has 1 amide bonds. The molecule has 2 fully saturated rings. The third kappa shape index (κ3) is 5.57. The van der Waals surface area contributed by atoms with Gasteiger partial charge in [-0.15, -0.1) is 11.3 Å². The summed E-state index contributed by atoms with van der Waals surface area (Å²) in [5, 5.41) is 0. The van der Waals surface area contributed by atoms with Crippen molar-refractivity contribution in [3.8, 4) is 0 Å². The van der Waals surface area contributed by atoms with Crippen LogP contribution in [0.25, 0.3) is 0 Å². The SMILES string of the molecule is Cc1ccc(S(=O)(=O)N2CCCC(C(=O)N3CCCCC3CNS(C)(=O)=O)C2)s1. The van der Waals surface area contributed by atoms with E-state index in [-0.39, 0.29) is 25.0 Å². The lowest BCUT2D eigenvalue weighted by Gasteiger charge is -2.40. The maximum absolute atomic E-state index is 13.2. The van der Waals surface area contributed by atoms with Gasteiger partial charge in [-0.1, -0.05) is 0 Å². The van der Waals surface area contributed by atoms with Crippen LogP contribution in [0.5, 0.6) is 0 Å². The zero-order chi connectivity index (χ0) is 21.2. The monoisotopic (exact) mass is 463 g/mol. The molecule has 2 unspecified atom stereocenters. The van der Waals surface area contributed by atoms with Crippen molar-refractivity contribution < 1.29 is 21.6 Å². The van der Waals surface area contributed by atoms with Crippen molar-refractivity contribution >= 4 is 37.3 Å². The van der Waals surface area contributed by atoms with Gasteiger partial charge in [-0.05, 0) is 51.2 Å². The van der Waals surface area contributed by atoms with Gasteiger partial charge in [0.05, 0.1) is 12.2 Å². The second-order valence-corrected chi connectivity index (χ2v) is 13.2. The Morgan fingerprint density at radius 3 is 2.55 bits per heavy atom. The number of amides is 1. The highest BCUT2D eigenvalue weighted by Gasteiger charge is 2.38. The molecule has 164 valence electrons. The zero-order valence-corrected chi connectivity index (χ0v) is 19.3. The van der Waals surface area contributed by atoms with E-state index < -0.39 is 26.0 Å². The predicted octanol–water partition coefficient (Wildman–Crippen LogP) is 1.39. The zero-order valence-electron chi connectivity index (χ0n) is 16.8. The standard InChI is InChI=1S/C18H29N3O5S3/c1-14-8-9-17(27-14)29(25,26)20-10-5-6-15(13-20)18(22)21-11-4-3-7-16(21)12-19-28(2,23)24/h8-9,15-16,19H,3-7,10-13H2,1-2H3. The average Bonchev–Trinajstić information content (AvgIpc) is 3.13. The van der Waals surface area contributed by atoms with Crippen LogP contribution in [0, 0.1) is 12.8 Å². The van der Waals surface area contributed by atoms with Crippen LogP contribution in [0.3, 0.4) is 0 Å². The summed E-state index contributed by atoms with van der Waals surface area (Å²) in [5.74, 6) is -0.453. The molecule has 2 aliphatic heterocycles. The third-order valence-corrected chi connectivity index (χ3v) is 9.56. The molecule has 0 aliphatic carbocycles. The van der Waals surface area contributed by atoms with Crippen molar-refractivity contribution in [3.63, 3.8) is 0 Å². The largest absolute Gasteiger partial charge is 0.338 e. The van der Waals surface area contributed by atoms with Crippen molar-refractivity contribution in [1.82, 2.24) is 13.9 Å². The molecule has 2 aliphatic rings. The Balaban J connectivity index is 1.71. The Bertz CT molecular complexity index is 942. The summed E-state index contributed by atoms with van der Waals surface area (Å²) < 4.78 is 53.1. The van der Waals surface area contributed by atoms with Gasteiger partial charge in [0.1, 0.15) is 4.21 Å². The van der Waals surface area contributed by atoms with Crippen LogP contribution < -0.4 is 4.72 Å². The number of aryl methyl sites for hydroxylation is 1. The summed E-state index contributed by atoms with van der Waals surface area (Å²) in [6.07, 6.45) is 4.97. The summed E-state index contributed by atoms with van der Waals surface area (Å²) in [4.78, 5) is 15.9. The Morgan fingerprint density at radius 1 is 1.14 bits per heavy atom. The molecule has 29 heavy (non-hydrogen) atoms. The molecule has 0 saturated carbocycles. The number of sulfonamides is 2. The molecular weight excluding hydrogens is 434 g/mol. The number of nitrogens with zero attached hydrogens (tertiary/aromatic N) is 2. The lowest BCUT2D eigenvalue weighted by atomic mass is 9.94. The molecule has 2 atom stereocenters. The van der Waals surface area contributed by atoms with E-state index in [9.17, 15) is 21.6 Å². The quantitative estimate of drug-likeness (QED) is 0.687. The predicted molar refractivity (Wildman–Crippen MR) is 113 cm³/mol. The van der Waals surface area contributed by atoms with E-state index in [1.54, 1.807) is 17.0 Å². The van der Waals surface area contributed by atoms with Crippen LogP contribution >= 0.6 is 11.3 Å². The minimum Gasteiger partial charge on any atom is -0.338 e. The molecule has 1 N–H and O–H groups in total. The van der Waals surface area contributed by atoms with Gasteiger partial charge in [0, 0.05) is 37.1 Å². The minimum absolute atomic E-state index is 0.0627. The lowest BCUT2D eigenvalue weighted by molar-refractivity contribution is -0.140. The average molecular weight is 464 g/mol. The molecule has 0 bridgehead atoms. The second-order valence-electron chi connectivity index (χ2n) is 7.87. The van der Waals surface area contributed by atoms with E-state index in [0.717, 1.165) is 30.4 Å². The van der Waals surface area contributed by atoms with Gasteiger partial charge < -0.3 is 4.90 Å². The van der Waals surface area contributed by atoms with Crippen molar-refractivity contribution in [3.05, 3.63) is 17.0 Å². The van der Waals surface area contributed by atoms with Crippen molar-refractivity contribution in [2.24, 2.45) is 5.92 Å². The number of nitrogens with one attached hydrogen (secondary N) is 1. The summed E-state index contributed by atoms with van der Waals surface area (Å²) >= 11 is 1.25. The first kappa shape index (κ1) is 22.7. The number of likely N-dealkylation sites (tertiary alicyclic amines) is 1. The molecule has 1 aromatic heterocycles. The van der Waals surface area contributed by atoms with E-state index in [2.05, 4.69) is 4.72 Å². The fourth-order valence-corrected chi connectivity index (χ4v) is 7.48. The Labute approximate surface area is 177 Å². The van der Waals surface area contributed by atoms with E-state index in [4.69, 9.17) is 0 Å². The van der Waals surface area contributed by atoms with Crippen LogP contribution in [0.4, 0.5) is 0 Å². The lowest BCUT2D eigenvalue weighted by Crippen LogP contribution is -2.53. The third-order valence-electron chi connectivity index (χ3n) is 5.53. The molecule has 0 spiro atoms. The van der Waals surface area contributed by atoms with Crippen LogP contribution in [-0.4, -0.2) is 70.4 Å². The van der Waals surface area contributed by atoms with Crippen molar-refractivity contribution in [2.75, 3.05) is 32.4 Å². The first-order valence-corrected chi connectivity index (χ1v) is 14.0.